The standard InChI is InChI=1S/C37H46O15/c1-17-26-28(49-20(4)40)31(50-21(5)41)35(9)24(47-18(2)38)15-25-36(16-46-25,52-22(6)42)29(35)30(43)37(45,34(26,7)8)32(27(17)48-19(3)39)51-33(44)23-13-11-10-12-14-23/h10-14,24-25,27-32,43,45H,15-16H2,1-9H3/t24?,25?,27?,28?,29?,30?,31?,32?,35-,36+,37+/m1/s1. The molecule has 8 unspecified atom stereocenters. The second kappa shape index (κ2) is 13.6. The van der Waals surface area contributed by atoms with E-state index in [4.69, 9.17) is 33.2 Å². The molecule has 1 aliphatic heterocycles. The molecule has 2 saturated carbocycles. The molecule has 2 bridgehead atoms. The number of esters is 6. The van der Waals surface area contributed by atoms with Gasteiger partial charge in [-0.2, -0.15) is 0 Å². The van der Waals surface area contributed by atoms with Crippen LogP contribution in [-0.4, -0.2) is 107 Å². The fraction of sp³-hybridized carbons (Fsp3) is 0.622. The van der Waals surface area contributed by atoms with Crippen LogP contribution in [0.25, 0.3) is 0 Å². The second-order valence-corrected chi connectivity index (χ2v) is 14.8. The molecule has 1 heterocycles. The third-order valence-corrected chi connectivity index (χ3v) is 11.3. The Morgan fingerprint density at radius 2 is 1.31 bits per heavy atom. The van der Waals surface area contributed by atoms with Crippen LogP contribution in [0.15, 0.2) is 41.5 Å². The van der Waals surface area contributed by atoms with Crippen LogP contribution in [-0.2, 0) is 57.1 Å². The van der Waals surface area contributed by atoms with E-state index < -0.39 is 106 Å². The van der Waals surface area contributed by atoms with Gasteiger partial charge in [0, 0.05) is 52.4 Å². The minimum Gasteiger partial charge on any atom is -0.462 e. The van der Waals surface area contributed by atoms with Gasteiger partial charge in [0.15, 0.2) is 30.0 Å². The first-order valence-electron chi connectivity index (χ1n) is 17.0. The molecule has 3 fully saturated rings. The Kier molecular flexibility index (Phi) is 10.1. The highest BCUT2D eigenvalue weighted by Gasteiger charge is 2.80. The molecule has 284 valence electrons. The molecule has 1 aromatic carbocycles. The van der Waals surface area contributed by atoms with Gasteiger partial charge < -0.3 is 43.4 Å². The maximum absolute atomic E-state index is 13.8. The molecule has 11 atom stereocenters. The SMILES string of the molecule is CC(=O)OC1C2=C(C)C(OC(C)=O)C(OC(=O)c3ccccc3)[C@@](O)(C(O)C3[C@]4(OC(C)=O)COC4CC(OC(C)=O)[C@@]3(C)C1OC(C)=O)C2(C)C. The van der Waals surface area contributed by atoms with Crippen molar-refractivity contribution in [3.63, 3.8) is 0 Å². The highest BCUT2D eigenvalue weighted by atomic mass is 16.6. The second-order valence-electron chi connectivity index (χ2n) is 14.8. The fourth-order valence-electron chi connectivity index (χ4n) is 9.30. The monoisotopic (exact) mass is 730 g/mol. The van der Waals surface area contributed by atoms with Gasteiger partial charge in [-0.15, -0.1) is 0 Å². The number of carbonyl (C=O) groups is 6. The van der Waals surface area contributed by atoms with Gasteiger partial charge in [-0.05, 0) is 30.2 Å². The summed E-state index contributed by atoms with van der Waals surface area (Å²) in [4.78, 5) is 78.2. The average Bonchev–Trinajstić information content (AvgIpc) is 3.03. The van der Waals surface area contributed by atoms with Crippen LogP contribution >= 0.6 is 0 Å². The molecule has 3 aliphatic carbocycles. The van der Waals surface area contributed by atoms with Crippen LogP contribution in [0.1, 0.15) is 79.1 Å². The predicted molar refractivity (Wildman–Crippen MR) is 176 cm³/mol. The summed E-state index contributed by atoms with van der Waals surface area (Å²) in [5.74, 6) is -6.58. The number of aliphatic hydroxyl groups is 2. The Labute approximate surface area is 300 Å². The molecule has 0 aromatic heterocycles. The van der Waals surface area contributed by atoms with E-state index in [0.29, 0.717) is 0 Å². The first-order chi connectivity index (χ1) is 24.1. The molecule has 52 heavy (non-hydrogen) atoms. The van der Waals surface area contributed by atoms with Gasteiger partial charge in [0.05, 0.1) is 23.7 Å². The summed E-state index contributed by atoms with van der Waals surface area (Å²) >= 11 is 0. The lowest BCUT2D eigenvalue weighted by Crippen LogP contribution is -2.84. The van der Waals surface area contributed by atoms with Gasteiger partial charge in [0.25, 0.3) is 0 Å². The summed E-state index contributed by atoms with van der Waals surface area (Å²) in [5.41, 5.74) is -7.75. The number of fused-ring (bicyclic) bond motifs is 5. The largest absolute Gasteiger partial charge is 0.462 e. The lowest BCUT2D eigenvalue weighted by molar-refractivity contribution is -0.371. The molecule has 0 amide bonds. The van der Waals surface area contributed by atoms with E-state index in [1.54, 1.807) is 18.2 Å². The van der Waals surface area contributed by atoms with Gasteiger partial charge in [0.2, 0.25) is 0 Å². The van der Waals surface area contributed by atoms with Crippen LogP contribution in [0.2, 0.25) is 0 Å². The van der Waals surface area contributed by atoms with Crippen LogP contribution < -0.4 is 0 Å². The van der Waals surface area contributed by atoms with Crippen molar-refractivity contribution >= 4 is 35.8 Å². The zero-order chi connectivity index (χ0) is 38.7. The zero-order valence-electron chi connectivity index (χ0n) is 30.6. The number of carbonyl (C=O) groups excluding carboxylic acids is 6. The molecular weight excluding hydrogens is 684 g/mol. The molecule has 0 radical (unpaired) electrons. The van der Waals surface area contributed by atoms with Crippen LogP contribution in [0.4, 0.5) is 0 Å². The fourth-order valence-corrected chi connectivity index (χ4v) is 9.30. The quantitative estimate of drug-likeness (QED) is 0.234. The number of ether oxygens (including phenoxy) is 7. The predicted octanol–water partition coefficient (Wildman–Crippen LogP) is 2.13. The lowest BCUT2D eigenvalue weighted by atomic mass is 9.43. The van der Waals surface area contributed by atoms with E-state index in [2.05, 4.69) is 0 Å². The Morgan fingerprint density at radius 1 is 0.750 bits per heavy atom. The molecule has 1 saturated heterocycles. The van der Waals surface area contributed by atoms with Crippen molar-refractivity contribution in [2.24, 2.45) is 16.7 Å². The van der Waals surface area contributed by atoms with Crippen molar-refractivity contribution in [3.8, 4) is 0 Å². The summed E-state index contributed by atoms with van der Waals surface area (Å²) in [6.45, 7) is 11.4. The van der Waals surface area contributed by atoms with E-state index in [9.17, 15) is 39.0 Å². The number of rotatable bonds is 7. The number of benzene rings is 1. The molecule has 0 spiro atoms. The smallest absolute Gasteiger partial charge is 0.338 e. The van der Waals surface area contributed by atoms with Crippen LogP contribution in [0, 0.1) is 16.7 Å². The van der Waals surface area contributed by atoms with Crippen LogP contribution in [0.5, 0.6) is 0 Å². The van der Waals surface area contributed by atoms with Gasteiger partial charge in [0.1, 0.15) is 17.8 Å². The molecule has 15 nitrogen and oxygen atoms in total. The maximum atomic E-state index is 13.8. The normalized spacial score (nSPS) is 37.3. The third-order valence-electron chi connectivity index (χ3n) is 11.3. The van der Waals surface area contributed by atoms with Crippen molar-refractivity contribution in [3.05, 3.63) is 47.0 Å². The highest BCUT2D eigenvalue weighted by molar-refractivity contribution is 5.89. The molecule has 15 heteroatoms. The van der Waals surface area contributed by atoms with E-state index in [0.717, 1.165) is 34.6 Å². The Hall–Kier alpha value is -4.34. The third kappa shape index (κ3) is 5.96. The summed E-state index contributed by atoms with van der Waals surface area (Å²) in [5, 5.41) is 26.6. The van der Waals surface area contributed by atoms with Crippen molar-refractivity contribution in [2.45, 2.75) is 123 Å². The van der Waals surface area contributed by atoms with E-state index in [-0.39, 0.29) is 29.7 Å². The number of hydrogen-bond acceptors (Lipinski definition) is 15. The van der Waals surface area contributed by atoms with E-state index in [1.807, 2.05) is 0 Å². The Balaban J connectivity index is 1.93. The minimum atomic E-state index is -2.68. The molecule has 4 aliphatic rings. The molecule has 1 aromatic rings. The number of hydrogen-bond donors (Lipinski definition) is 2. The summed E-state index contributed by atoms with van der Waals surface area (Å²) in [7, 11) is 0. The van der Waals surface area contributed by atoms with E-state index >= 15 is 0 Å². The first kappa shape index (κ1) is 38.9. The molecule has 5 rings (SSSR count). The van der Waals surface area contributed by atoms with Crippen molar-refractivity contribution in [2.75, 3.05) is 6.61 Å². The van der Waals surface area contributed by atoms with Gasteiger partial charge in [-0.25, -0.2) is 4.79 Å². The first-order valence-corrected chi connectivity index (χ1v) is 17.0. The topological polar surface area (TPSA) is 207 Å². The zero-order valence-corrected chi connectivity index (χ0v) is 30.6. The summed E-state index contributed by atoms with van der Waals surface area (Å²) in [6.07, 6.45) is -11.2. The van der Waals surface area contributed by atoms with Crippen LogP contribution in [0.3, 0.4) is 0 Å². The Morgan fingerprint density at radius 3 is 1.81 bits per heavy atom. The van der Waals surface area contributed by atoms with Crippen molar-refractivity contribution < 1.29 is 72.1 Å². The number of aliphatic hydroxyl groups excluding tert-OH is 1. The maximum Gasteiger partial charge on any atom is 0.338 e. The average molecular weight is 731 g/mol. The van der Waals surface area contributed by atoms with Gasteiger partial charge in [-0.1, -0.05) is 39.0 Å². The van der Waals surface area contributed by atoms with E-state index in [1.165, 1.54) is 39.8 Å². The Bertz CT molecular complexity index is 1680. The van der Waals surface area contributed by atoms with Crippen molar-refractivity contribution in [1.82, 2.24) is 0 Å². The minimum absolute atomic E-state index is 0.0727. The molecule has 2 N–H and O–H groups in total. The molecular formula is C37H46O15. The summed E-state index contributed by atoms with van der Waals surface area (Å²) in [6, 6.07) is 7.80. The lowest BCUT2D eigenvalue weighted by Gasteiger charge is -2.69. The van der Waals surface area contributed by atoms with Gasteiger partial charge >= 0.3 is 35.8 Å². The van der Waals surface area contributed by atoms with Crippen molar-refractivity contribution in [1.29, 1.82) is 0 Å². The summed E-state index contributed by atoms with van der Waals surface area (Å²) < 4.78 is 41.7. The highest BCUT2D eigenvalue weighted by Crippen LogP contribution is 2.66. The van der Waals surface area contributed by atoms with Gasteiger partial charge in [-0.3, -0.25) is 24.0 Å².